The van der Waals surface area contributed by atoms with E-state index < -0.39 is 0 Å². The number of imidazole rings is 1. The monoisotopic (exact) mass is 186 g/mol. The Hall–Kier alpha value is -1.64. The van der Waals surface area contributed by atoms with E-state index in [2.05, 4.69) is 4.98 Å². The first-order chi connectivity index (χ1) is 6.88. The number of hydrogen-bond donors (Lipinski definition) is 0. The van der Waals surface area contributed by atoms with Crippen LogP contribution in [0, 0.1) is 0 Å². The standard InChI is InChI=1S/C11H10N2O/c14-7-8-1-4-10-5-12-11(9-2-3-9)13(10)6-8/h1,4-7,9H,2-3H2. The average molecular weight is 186 g/mol. The number of rotatable bonds is 2. The second-order valence-corrected chi connectivity index (χ2v) is 3.77. The molecular weight excluding hydrogens is 176 g/mol. The van der Waals surface area contributed by atoms with E-state index in [4.69, 9.17) is 0 Å². The van der Waals surface area contributed by atoms with E-state index in [-0.39, 0.29) is 0 Å². The smallest absolute Gasteiger partial charge is 0.151 e. The molecule has 1 fully saturated rings. The highest BCUT2D eigenvalue weighted by atomic mass is 16.1. The summed E-state index contributed by atoms with van der Waals surface area (Å²) in [5, 5.41) is 0. The number of aromatic nitrogens is 2. The molecule has 0 spiro atoms. The summed E-state index contributed by atoms with van der Waals surface area (Å²) in [4.78, 5) is 15.0. The fourth-order valence-corrected chi connectivity index (χ4v) is 1.74. The number of fused-ring (bicyclic) bond motifs is 1. The number of carbonyl (C=O) groups is 1. The van der Waals surface area contributed by atoms with Crippen molar-refractivity contribution in [3.63, 3.8) is 0 Å². The number of carbonyl (C=O) groups excluding carboxylic acids is 1. The van der Waals surface area contributed by atoms with Gasteiger partial charge in [0.1, 0.15) is 5.82 Å². The van der Waals surface area contributed by atoms with Crippen LogP contribution in [0.2, 0.25) is 0 Å². The Kier molecular flexibility index (Phi) is 1.48. The normalized spacial score (nSPS) is 16.0. The van der Waals surface area contributed by atoms with Crippen LogP contribution in [-0.2, 0) is 0 Å². The van der Waals surface area contributed by atoms with Gasteiger partial charge in [0.15, 0.2) is 6.29 Å². The van der Waals surface area contributed by atoms with Crippen LogP contribution < -0.4 is 0 Å². The maximum atomic E-state index is 10.6. The minimum atomic E-state index is 0.611. The molecule has 0 bridgehead atoms. The van der Waals surface area contributed by atoms with E-state index >= 15 is 0 Å². The molecular formula is C11H10N2O. The molecule has 1 aliphatic rings. The lowest BCUT2D eigenvalue weighted by molar-refractivity contribution is 0.112. The largest absolute Gasteiger partial charge is 0.303 e. The van der Waals surface area contributed by atoms with Gasteiger partial charge in [-0.2, -0.15) is 0 Å². The Morgan fingerprint density at radius 2 is 2.29 bits per heavy atom. The third-order valence-electron chi connectivity index (χ3n) is 2.66. The maximum Gasteiger partial charge on any atom is 0.151 e. The second kappa shape index (κ2) is 2.67. The lowest BCUT2D eigenvalue weighted by Crippen LogP contribution is -1.93. The van der Waals surface area contributed by atoms with Crippen molar-refractivity contribution < 1.29 is 4.79 Å². The molecule has 2 aromatic heterocycles. The SMILES string of the molecule is O=Cc1ccc2cnc(C3CC3)n2c1. The van der Waals surface area contributed by atoms with Crippen molar-refractivity contribution in [1.82, 2.24) is 9.38 Å². The molecule has 0 N–H and O–H groups in total. The summed E-state index contributed by atoms with van der Waals surface area (Å²) >= 11 is 0. The third kappa shape index (κ3) is 1.05. The molecule has 14 heavy (non-hydrogen) atoms. The predicted octanol–water partition coefficient (Wildman–Crippen LogP) is 2.02. The zero-order chi connectivity index (χ0) is 9.54. The Morgan fingerprint density at radius 1 is 1.43 bits per heavy atom. The van der Waals surface area contributed by atoms with Crippen LogP contribution >= 0.6 is 0 Å². The molecule has 0 amide bonds. The van der Waals surface area contributed by atoms with Gasteiger partial charge in [0.2, 0.25) is 0 Å². The molecule has 0 aromatic carbocycles. The van der Waals surface area contributed by atoms with Crippen LogP contribution in [0.5, 0.6) is 0 Å². The van der Waals surface area contributed by atoms with Crippen LogP contribution in [-0.4, -0.2) is 15.7 Å². The molecule has 70 valence electrons. The van der Waals surface area contributed by atoms with E-state index in [0.29, 0.717) is 11.5 Å². The molecule has 2 aromatic rings. The summed E-state index contributed by atoms with van der Waals surface area (Å²) in [6.45, 7) is 0. The van der Waals surface area contributed by atoms with Crippen molar-refractivity contribution in [1.29, 1.82) is 0 Å². The van der Waals surface area contributed by atoms with Gasteiger partial charge < -0.3 is 4.40 Å². The van der Waals surface area contributed by atoms with Gasteiger partial charge >= 0.3 is 0 Å². The quantitative estimate of drug-likeness (QED) is 0.672. The van der Waals surface area contributed by atoms with Gasteiger partial charge in [0.25, 0.3) is 0 Å². The number of pyridine rings is 1. The van der Waals surface area contributed by atoms with E-state index in [9.17, 15) is 4.79 Å². The summed E-state index contributed by atoms with van der Waals surface area (Å²) in [5.41, 5.74) is 1.77. The fraction of sp³-hybridized carbons (Fsp3) is 0.273. The van der Waals surface area contributed by atoms with Gasteiger partial charge in [-0.25, -0.2) is 4.98 Å². The molecule has 0 atom stereocenters. The molecule has 3 nitrogen and oxygen atoms in total. The first kappa shape index (κ1) is 7.74. The van der Waals surface area contributed by atoms with Gasteiger partial charge in [0, 0.05) is 17.7 Å². The minimum absolute atomic E-state index is 0.611. The van der Waals surface area contributed by atoms with Crippen molar-refractivity contribution in [2.75, 3.05) is 0 Å². The minimum Gasteiger partial charge on any atom is -0.303 e. The number of aldehydes is 1. The van der Waals surface area contributed by atoms with Gasteiger partial charge in [-0.15, -0.1) is 0 Å². The Balaban J connectivity index is 2.25. The van der Waals surface area contributed by atoms with Crippen molar-refractivity contribution >= 4 is 11.8 Å². The molecule has 3 rings (SSSR count). The zero-order valence-electron chi connectivity index (χ0n) is 7.68. The third-order valence-corrected chi connectivity index (χ3v) is 2.66. The fourth-order valence-electron chi connectivity index (χ4n) is 1.74. The molecule has 0 radical (unpaired) electrons. The van der Waals surface area contributed by atoms with Gasteiger partial charge in [-0.3, -0.25) is 4.79 Å². The zero-order valence-corrected chi connectivity index (χ0v) is 7.68. The summed E-state index contributed by atoms with van der Waals surface area (Å²) in [7, 11) is 0. The van der Waals surface area contributed by atoms with E-state index in [1.165, 1.54) is 12.8 Å². The molecule has 3 heteroatoms. The van der Waals surface area contributed by atoms with Crippen LogP contribution in [0.1, 0.15) is 34.9 Å². The summed E-state index contributed by atoms with van der Waals surface area (Å²) < 4.78 is 2.03. The van der Waals surface area contributed by atoms with E-state index in [1.807, 2.05) is 28.9 Å². The molecule has 0 unspecified atom stereocenters. The highest BCUT2D eigenvalue weighted by Crippen LogP contribution is 2.39. The van der Waals surface area contributed by atoms with E-state index in [1.54, 1.807) is 0 Å². The van der Waals surface area contributed by atoms with Crippen molar-refractivity contribution in [3.8, 4) is 0 Å². The molecule has 0 saturated heterocycles. The van der Waals surface area contributed by atoms with Crippen LogP contribution in [0.25, 0.3) is 5.52 Å². The lowest BCUT2D eigenvalue weighted by Gasteiger charge is -1.99. The van der Waals surface area contributed by atoms with Gasteiger partial charge in [-0.05, 0) is 25.0 Å². The Labute approximate surface area is 81.4 Å². The molecule has 1 saturated carbocycles. The summed E-state index contributed by atoms with van der Waals surface area (Å²) in [5.74, 6) is 1.71. The maximum absolute atomic E-state index is 10.6. The van der Waals surface area contributed by atoms with Crippen molar-refractivity contribution in [2.24, 2.45) is 0 Å². The molecule has 0 aliphatic heterocycles. The Bertz CT molecular complexity index is 497. The van der Waals surface area contributed by atoms with Crippen LogP contribution in [0.4, 0.5) is 0 Å². The topological polar surface area (TPSA) is 34.4 Å². The number of hydrogen-bond acceptors (Lipinski definition) is 2. The second-order valence-electron chi connectivity index (χ2n) is 3.77. The first-order valence-corrected chi connectivity index (χ1v) is 4.80. The van der Waals surface area contributed by atoms with Crippen LogP contribution in [0.3, 0.4) is 0 Å². The van der Waals surface area contributed by atoms with Crippen LogP contribution in [0.15, 0.2) is 24.5 Å². The molecule has 2 heterocycles. The van der Waals surface area contributed by atoms with Gasteiger partial charge in [0.05, 0.1) is 11.7 Å². The first-order valence-electron chi connectivity index (χ1n) is 4.80. The molecule has 1 aliphatic carbocycles. The van der Waals surface area contributed by atoms with E-state index in [0.717, 1.165) is 17.6 Å². The average Bonchev–Trinajstić information content (AvgIpc) is 2.98. The highest BCUT2D eigenvalue weighted by Gasteiger charge is 2.27. The lowest BCUT2D eigenvalue weighted by atomic mass is 10.3. The predicted molar refractivity (Wildman–Crippen MR) is 52.6 cm³/mol. The summed E-state index contributed by atoms with van der Waals surface area (Å²) in [6, 6.07) is 3.75. The Morgan fingerprint density at radius 3 is 3.00 bits per heavy atom. The van der Waals surface area contributed by atoms with Gasteiger partial charge in [-0.1, -0.05) is 0 Å². The van der Waals surface area contributed by atoms with Crippen molar-refractivity contribution in [2.45, 2.75) is 18.8 Å². The summed E-state index contributed by atoms with van der Waals surface area (Å²) in [6.07, 6.45) is 7.05. The van der Waals surface area contributed by atoms with Crippen molar-refractivity contribution in [3.05, 3.63) is 35.9 Å². The highest BCUT2D eigenvalue weighted by molar-refractivity contribution is 5.75. The number of nitrogens with zero attached hydrogens (tertiary/aromatic N) is 2.